The molecular formula is C18H19N3O5. The van der Waals surface area contributed by atoms with Gasteiger partial charge in [0, 0.05) is 25.2 Å². The van der Waals surface area contributed by atoms with Crippen molar-refractivity contribution in [3.05, 3.63) is 41.7 Å². The number of aliphatic carboxylic acids is 1. The van der Waals surface area contributed by atoms with Crippen molar-refractivity contribution < 1.29 is 24.2 Å². The fourth-order valence-corrected chi connectivity index (χ4v) is 3.74. The first-order chi connectivity index (χ1) is 12.6. The van der Waals surface area contributed by atoms with Gasteiger partial charge in [0.05, 0.1) is 24.2 Å². The molecule has 8 heteroatoms. The lowest BCUT2D eigenvalue weighted by molar-refractivity contribution is -0.152. The molecule has 2 aliphatic rings. The van der Waals surface area contributed by atoms with Crippen LogP contribution in [0.2, 0.25) is 0 Å². The standard InChI is InChI=1S/C18H19N3O5/c1-20-13(7-8-19-20)16-12(18(23)24)5-6-15(22)21(16)9-11-3-2-4-14-17(11)26-10-25-14/h2-4,7-8,12,16H,5-6,9-10H2,1H3,(H,23,24)/t12-,16-/m0/s1. The number of rotatable bonds is 4. The number of nitrogens with zero attached hydrogens (tertiary/aromatic N) is 3. The molecule has 0 unspecified atom stereocenters. The van der Waals surface area contributed by atoms with E-state index in [9.17, 15) is 14.7 Å². The molecule has 1 aromatic carbocycles. The zero-order valence-electron chi connectivity index (χ0n) is 14.3. The maximum atomic E-state index is 12.7. The molecule has 0 bridgehead atoms. The van der Waals surface area contributed by atoms with Crippen LogP contribution < -0.4 is 9.47 Å². The Morgan fingerprint density at radius 2 is 2.19 bits per heavy atom. The predicted molar refractivity (Wildman–Crippen MR) is 89.4 cm³/mol. The van der Waals surface area contributed by atoms with Gasteiger partial charge in [0.2, 0.25) is 12.7 Å². The fourth-order valence-electron chi connectivity index (χ4n) is 3.74. The van der Waals surface area contributed by atoms with E-state index in [2.05, 4.69) is 5.10 Å². The molecule has 2 aliphatic heterocycles. The molecule has 4 rings (SSSR count). The molecule has 0 radical (unpaired) electrons. The predicted octanol–water partition coefficient (Wildman–Crippen LogP) is 1.71. The van der Waals surface area contributed by atoms with Crippen molar-refractivity contribution in [1.82, 2.24) is 14.7 Å². The fraction of sp³-hybridized carbons (Fsp3) is 0.389. The van der Waals surface area contributed by atoms with Gasteiger partial charge in [-0.1, -0.05) is 12.1 Å². The van der Waals surface area contributed by atoms with Gasteiger partial charge in [-0.05, 0) is 18.6 Å². The number of carbonyl (C=O) groups is 2. The van der Waals surface area contributed by atoms with Crippen LogP contribution in [-0.4, -0.2) is 38.5 Å². The number of carboxylic acid groups (broad SMARTS) is 1. The molecule has 3 heterocycles. The van der Waals surface area contributed by atoms with Crippen molar-refractivity contribution in [2.24, 2.45) is 13.0 Å². The van der Waals surface area contributed by atoms with Crippen LogP contribution in [0.5, 0.6) is 11.5 Å². The highest BCUT2D eigenvalue weighted by Crippen LogP contribution is 2.41. The number of ether oxygens (including phenoxy) is 2. The van der Waals surface area contributed by atoms with Crippen molar-refractivity contribution in [2.75, 3.05) is 6.79 Å². The molecule has 1 saturated heterocycles. The summed E-state index contributed by atoms with van der Waals surface area (Å²) in [5.74, 6) is -0.422. The molecule has 0 spiro atoms. The van der Waals surface area contributed by atoms with Crippen LogP contribution >= 0.6 is 0 Å². The molecule has 1 aromatic heterocycles. The number of carboxylic acids is 1. The topological polar surface area (TPSA) is 93.9 Å². The average molecular weight is 357 g/mol. The van der Waals surface area contributed by atoms with Crippen LogP contribution in [0, 0.1) is 5.92 Å². The maximum absolute atomic E-state index is 12.7. The first-order valence-corrected chi connectivity index (χ1v) is 8.44. The van der Waals surface area contributed by atoms with Gasteiger partial charge in [0.1, 0.15) is 0 Å². The average Bonchev–Trinajstić information content (AvgIpc) is 3.25. The number of hydrogen-bond donors (Lipinski definition) is 1. The zero-order valence-corrected chi connectivity index (χ0v) is 14.3. The molecule has 1 fully saturated rings. The summed E-state index contributed by atoms with van der Waals surface area (Å²) in [5.41, 5.74) is 1.50. The third kappa shape index (κ3) is 2.67. The SMILES string of the molecule is Cn1nccc1[C@@H]1[C@@H](C(=O)O)CCC(=O)N1Cc1cccc2c1OCO2. The molecule has 2 atom stereocenters. The van der Waals surface area contributed by atoms with E-state index in [1.807, 2.05) is 18.2 Å². The van der Waals surface area contributed by atoms with E-state index in [0.29, 0.717) is 23.6 Å². The maximum Gasteiger partial charge on any atom is 0.309 e. The van der Waals surface area contributed by atoms with Crippen LogP contribution in [0.15, 0.2) is 30.5 Å². The number of hydrogen-bond acceptors (Lipinski definition) is 5. The minimum absolute atomic E-state index is 0.0785. The summed E-state index contributed by atoms with van der Waals surface area (Å²) >= 11 is 0. The number of para-hydroxylation sites is 1. The summed E-state index contributed by atoms with van der Waals surface area (Å²) in [6.45, 7) is 0.397. The molecule has 1 amide bonds. The lowest BCUT2D eigenvalue weighted by atomic mass is 9.86. The van der Waals surface area contributed by atoms with Crippen molar-refractivity contribution in [2.45, 2.75) is 25.4 Å². The second-order valence-corrected chi connectivity index (χ2v) is 6.48. The minimum Gasteiger partial charge on any atom is -0.481 e. The molecule has 26 heavy (non-hydrogen) atoms. The second-order valence-electron chi connectivity index (χ2n) is 6.48. The summed E-state index contributed by atoms with van der Waals surface area (Å²) < 4.78 is 12.6. The number of carbonyl (C=O) groups excluding carboxylic acids is 1. The Kier molecular flexibility index (Phi) is 4.02. The summed E-state index contributed by atoms with van der Waals surface area (Å²) in [5, 5.41) is 13.9. The normalized spacial score (nSPS) is 21.9. The largest absolute Gasteiger partial charge is 0.481 e. The number of fused-ring (bicyclic) bond motifs is 1. The van der Waals surface area contributed by atoms with E-state index in [-0.39, 0.29) is 25.7 Å². The third-order valence-corrected chi connectivity index (χ3v) is 5.00. The molecule has 8 nitrogen and oxygen atoms in total. The zero-order chi connectivity index (χ0) is 18.3. The van der Waals surface area contributed by atoms with Gasteiger partial charge in [-0.2, -0.15) is 5.10 Å². The summed E-state index contributed by atoms with van der Waals surface area (Å²) in [7, 11) is 1.75. The molecule has 136 valence electrons. The monoisotopic (exact) mass is 357 g/mol. The Balaban J connectivity index is 1.74. The Hall–Kier alpha value is -3.03. The van der Waals surface area contributed by atoms with Crippen LogP contribution in [0.1, 0.15) is 30.1 Å². The number of benzene rings is 1. The summed E-state index contributed by atoms with van der Waals surface area (Å²) in [4.78, 5) is 26.2. The Morgan fingerprint density at radius 3 is 2.92 bits per heavy atom. The molecule has 0 saturated carbocycles. The quantitative estimate of drug-likeness (QED) is 0.895. The Morgan fingerprint density at radius 1 is 1.35 bits per heavy atom. The van der Waals surface area contributed by atoms with Gasteiger partial charge in [-0.15, -0.1) is 0 Å². The van der Waals surface area contributed by atoms with Crippen LogP contribution in [0.25, 0.3) is 0 Å². The third-order valence-electron chi connectivity index (χ3n) is 5.00. The molecule has 2 aromatic rings. The summed E-state index contributed by atoms with van der Waals surface area (Å²) in [6, 6.07) is 6.69. The van der Waals surface area contributed by atoms with E-state index >= 15 is 0 Å². The highest BCUT2D eigenvalue weighted by Gasteiger charge is 2.42. The van der Waals surface area contributed by atoms with E-state index in [0.717, 1.165) is 5.56 Å². The number of likely N-dealkylation sites (tertiary alicyclic amines) is 1. The van der Waals surface area contributed by atoms with Gasteiger partial charge in [0.25, 0.3) is 0 Å². The number of piperidine rings is 1. The van der Waals surface area contributed by atoms with E-state index in [1.165, 1.54) is 0 Å². The number of aryl methyl sites for hydroxylation is 1. The molecule has 0 aliphatic carbocycles. The molecular weight excluding hydrogens is 338 g/mol. The molecule has 1 N–H and O–H groups in total. The van der Waals surface area contributed by atoms with Crippen LogP contribution in [-0.2, 0) is 23.2 Å². The highest BCUT2D eigenvalue weighted by atomic mass is 16.7. The van der Waals surface area contributed by atoms with Crippen LogP contribution in [0.3, 0.4) is 0 Å². The van der Waals surface area contributed by atoms with Gasteiger partial charge < -0.3 is 19.5 Å². The summed E-state index contributed by atoms with van der Waals surface area (Å²) in [6.07, 6.45) is 2.13. The van der Waals surface area contributed by atoms with E-state index in [1.54, 1.807) is 28.9 Å². The second kappa shape index (κ2) is 6.36. The Labute approximate surface area is 149 Å². The van der Waals surface area contributed by atoms with E-state index in [4.69, 9.17) is 9.47 Å². The van der Waals surface area contributed by atoms with Crippen molar-refractivity contribution in [1.29, 1.82) is 0 Å². The van der Waals surface area contributed by atoms with Crippen LogP contribution in [0.4, 0.5) is 0 Å². The van der Waals surface area contributed by atoms with Gasteiger partial charge >= 0.3 is 5.97 Å². The smallest absolute Gasteiger partial charge is 0.309 e. The van der Waals surface area contributed by atoms with Gasteiger partial charge in [-0.25, -0.2) is 0 Å². The number of amides is 1. The Bertz CT molecular complexity index is 862. The van der Waals surface area contributed by atoms with Gasteiger partial charge in [-0.3, -0.25) is 14.3 Å². The highest BCUT2D eigenvalue weighted by molar-refractivity contribution is 5.81. The lowest BCUT2D eigenvalue weighted by Crippen LogP contribution is -2.45. The van der Waals surface area contributed by atoms with Gasteiger partial charge in [0.15, 0.2) is 11.5 Å². The lowest BCUT2D eigenvalue weighted by Gasteiger charge is -2.39. The van der Waals surface area contributed by atoms with Crippen molar-refractivity contribution in [3.8, 4) is 11.5 Å². The van der Waals surface area contributed by atoms with E-state index < -0.39 is 17.9 Å². The van der Waals surface area contributed by atoms with Crippen molar-refractivity contribution >= 4 is 11.9 Å². The number of aromatic nitrogens is 2. The minimum atomic E-state index is -0.911. The first kappa shape index (κ1) is 16.4. The van der Waals surface area contributed by atoms with Crippen molar-refractivity contribution in [3.63, 3.8) is 0 Å². The first-order valence-electron chi connectivity index (χ1n) is 8.44.